The van der Waals surface area contributed by atoms with Gasteiger partial charge in [-0.1, -0.05) is 0 Å². The molecule has 0 fully saturated rings. The molecule has 1 aromatic heterocycles. The number of hydrogen-bond acceptors (Lipinski definition) is 3. The van der Waals surface area contributed by atoms with Crippen molar-refractivity contribution in [2.24, 2.45) is 0 Å². The monoisotopic (exact) mass is 274 g/mol. The molecule has 0 radical (unpaired) electrons. The zero-order valence-electron chi connectivity index (χ0n) is 11.1. The van der Waals surface area contributed by atoms with E-state index in [2.05, 4.69) is 15.5 Å². The van der Waals surface area contributed by atoms with Gasteiger partial charge in [-0.2, -0.15) is 5.10 Å². The summed E-state index contributed by atoms with van der Waals surface area (Å²) in [7, 11) is 1.66. The lowest BCUT2D eigenvalue weighted by Crippen LogP contribution is -2.30. The summed E-state index contributed by atoms with van der Waals surface area (Å²) in [5.74, 6) is -0.520. The van der Waals surface area contributed by atoms with Crippen LogP contribution in [0.3, 0.4) is 0 Å². The van der Waals surface area contributed by atoms with E-state index in [-0.39, 0.29) is 11.7 Å². The van der Waals surface area contributed by atoms with Crippen LogP contribution in [0.15, 0.2) is 24.3 Å². The molecular formula is C14H15FN4O. The quantitative estimate of drug-likeness (QED) is 0.872. The Morgan fingerprint density at radius 3 is 2.85 bits per heavy atom. The molecule has 1 amide bonds. The van der Waals surface area contributed by atoms with E-state index in [0.717, 1.165) is 24.2 Å². The van der Waals surface area contributed by atoms with Crippen molar-refractivity contribution in [3.05, 3.63) is 47.0 Å². The largest absolute Gasteiger partial charge is 0.312 e. The van der Waals surface area contributed by atoms with Gasteiger partial charge in [-0.3, -0.25) is 9.89 Å². The molecule has 0 aliphatic carbocycles. The zero-order chi connectivity index (χ0) is 14.1. The Balaban J connectivity index is 1.88. The summed E-state index contributed by atoms with van der Waals surface area (Å²) in [4.78, 5) is 14.0. The van der Waals surface area contributed by atoms with Crippen LogP contribution in [-0.4, -0.2) is 29.7 Å². The Hall–Kier alpha value is -2.21. The fourth-order valence-electron chi connectivity index (χ4n) is 2.34. The molecule has 3 rings (SSSR count). The summed E-state index contributed by atoms with van der Waals surface area (Å²) in [5, 5.41) is 10.3. The molecule has 1 aromatic carbocycles. The number of nitrogens with one attached hydrogen (secondary N) is 2. The number of nitrogens with zero attached hydrogens (tertiary/aromatic N) is 2. The van der Waals surface area contributed by atoms with Gasteiger partial charge in [0.1, 0.15) is 5.82 Å². The maximum Gasteiger partial charge on any atom is 0.278 e. The smallest absolute Gasteiger partial charge is 0.278 e. The van der Waals surface area contributed by atoms with Crippen molar-refractivity contribution < 1.29 is 9.18 Å². The summed E-state index contributed by atoms with van der Waals surface area (Å²) in [6.07, 6.45) is 0.843. The number of amides is 1. The maximum atomic E-state index is 12.9. The molecule has 0 bridgehead atoms. The zero-order valence-corrected chi connectivity index (χ0v) is 11.1. The molecule has 0 spiro atoms. The molecule has 1 aliphatic heterocycles. The number of aromatic nitrogens is 2. The average Bonchev–Trinajstić information content (AvgIpc) is 2.90. The molecule has 104 valence electrons. The third-order valence-corrected chi connectivity index (χ3v) is 3.53. The molecule has 0 unspecified atom stereocenters. The highest BCUT2D eigenvalue weighted by molar-refractivity contribution is 6.05. The van der Waals surface area contributed by atoms with Gasteiger partial charge in [-0.15, -0.1) is 0 Å². The van der Waals surface area contributed by atoms with Gasteiger partial charge >= 0.3 is 0 Å². The molecule has 20 heavy (non-hydrogen) atoms. The van der Waals surface area contributed by atoms with Crippen LogP contribution in [0.4, 0.5) is 10.1 Å². The number of anilines is 1. The first-order chi connectivity index (χ1) is 9.66. The third-order valence-electron chi connectivity index (χ3n) is 3.53. The fourth-order valence-corrected chi connectivity index (χ4v) is 2.34. The van der Waals surface area contributed by atoms with Gasteiger partial charge in [-0.05, 0) is 24.3 Å². The van der Waals surface area contributed by atoms with Crippen molar-refractivity contribution in [1.29, 1.82) is 0 Å². The number of hydrogen-bond donors (Lipinski definition) is 2. The fraction of sp³-hybridized carbons (Fsp3) is 0.286. The molecule has 0 atom stereocenters. The molecule has 0 saturated carbocycles. The van der Waals surface area contributed by atoms with Crippen LogP contribution in [0, 0.1) is 5.82 Å². The van der Waals surface area contributed by atoms with Crippen molar-refractivity contribution in [1.82, 2.24) is 15.5 Å². The number of fused-ring (bicyclic) bond motifs is 1. The van der Waals surface area contributed by atoms with Crippen LogP contribution >= 0.6 is 0 Å². The number of rotatable bonds is 2. The van der Waals surface area contributed by atoms with Crippen molar-refractivity contribution in [3.63, 3.8) is 0 Å². The third kappa shape index (κ3) is 2.18. The van der Waals surface area contributed by atoms with E-state index >= 15 is 0 Å². The van der Waals surface area contributed by atoms with E-state index in [9.17, 15) is 9.18 Å². The molecule has 0 saturated heterocycles. The van der Waals surface area contributed by atoms with Gasteiger partial charge in [0.25, 0.3) is 5.91 Å². The van der Waals surface area contributed by atoms with E-state index in [1.165, 1.54) is 17.0 Å². The lowest BCUT2D eigenvalue weighted by Gasteiger charge is -2.18. The number of H-pyrrole nitrogens is 1. The second-order valence-electron chi connectivity index (χ2n) is 4.80. The predicted octanol–water partition coefficient (Wildman–Crippen LogP) is 1.47. The Labute approximate surface area is 115 Å². The van der Waals surface area contributed by atoms with Crippen LogP contribution in [0.1, 0.15) is 21.7 Å². The van der Waals surface area contributed by atoms with E-state index in [1.807, 2.05) is 0 Å². The number of benzene rings is 1. The lowest BCUT2D eigenvalue weighted by atomic mass is 10.1. The van der Waals surface area contributed by atoms with Gasteiger partial charge in [0.05, 0.1) is 0 Å². The highest BCUT2D eigenvalue weighted by Gasteiger charge is 2.24. The summed E-state index contributed by atoms with van der Waals surface area (Å²) in [6, 6.07) is 5.82. The van der Waals surface area contributed by atoms with E-state index < -0.39 is 0 Å². The first-order valence-corrected chi connectivity index (χ1v) is 6.47. The normalized spacial score (nSPS) is 13.9. The van der Waals surface area contributed by atoms with Crippen molar-refractivity contribution in [3.8, 4) is 0 Å². The average molecular weight is 274 g/mol. The number of carbonyl (C=O) groups excluding carboxylic acids is 1. The highest BCUT2D eigenvalue weighted by Crippen LogP contribution is 2.20. The number of aromatic amines is 1. The summed E-state index contributed by atoms with van der Waals surface area (Å²) in [5.41, 5.74) is 3.01. The van der Waals surface area contributed by atoms with E-state index in [1.54, 1.807) is 19.2 Å². The van der Waals surface area contributed by atoms with Gasteiger partial charge in [0.2, 0.25) is 0 Å². The minimum atomic E-state index is -0.323. The van der Waals surface area contributed by atoms with Gasteiger partial charge in [-0.25, -0.2) is 4.39 Å². The van der Waals surface area contributed by atoms with Crippen LogP contribution in [0.25, 0.3) is 0 Å². The number of halogens is 1. The maximum absolute atomic E-state index is 12.9. The van der Waals surface area contributed by atoms with Crippen molar-refractivity contribution >= 4 is 11.6 Å². The minimum absolute atomic E-state index is 0.196. The Morgan fingerprint density at radius 2 is 2.10 bits per heavy atom. The molecule has 2 N–H and O–H groups in total. The standard InChI is InChI=1S/C14H15FN4O/c1-19(10-4-2-9(15)3-5-10)14(20)13-11-8-16-7-6-12(11)17-18-13/h2-5,16H,6-8H2,1H3,(H,17,18). The number of carbonyl (C=O) groups is 1. The summed E-state index contributed by atoms with van der Waals surface area (Å²) >= 11 is 0. The first-order valence-electron chi connectivity index (χ1n) is 6.47. The van der Waals surface area contributed by atoms with Gasteiger partial charge in [0, 0.05) is 43.5 Å². The molecular weight excluding hydrogens is 259 g/mol. The highest BCUT2D eigenvalue weighted by atomic mass is 19.1. The van der Waals surface area contributed by atoms with Gasteiger partial charge < -0.3 is 10.2 Å². The van der Waals surface area contributed by atoms with Crippen molar-refractivity contribution in [2.45, 2.75) is 13.0 Å². The van der Waals surface area contributed by atoms with Gasteiger partial charge in [0.15, 0.2) is 5.69 Å². The molecule has 2 aromatic rings. The Kier molecular flexibility index (Phi) is 3.23. The SMILES string of the molecule is CN(C(=O)c1n[nH]c2c1CNCC2)c1ccc(F)cc1. The Bertz CT molecular complexity index is 635. The van der Waals surface area contributed by atoms with E-state index in [4.69, 9.17) is 0 Å². The molecule has 6 heteroatoms. The van der Waals surface area contributed by atoms with Crippen LogP contribution in [0.2, 0.25) is 0 Å². The van der Waals surface area contributed by atoms with Crippen LogP contribution < -0.4 is 10.2 Å². The molecule has 5 nitrogen and oxygen atoms in total. The second kappa shape index (κ2) is 5.05. The second-order valence-corrected chi connectivity index (χ2v) is 4.80. The Morgan fingerprint density at radius 1 is 1.35 bits per heavy atom. The van der Waals surface area contributed by atoms with Crippen LogP contribution in [0.5, 0.6) is 0 Å². The first kappa shape index (κ1) is 12.8. The molecule has 1 aliphatic rings. The topological polar surface area (TPSA) is 61.0 Å². The lowest BCUT2D eigenvalue weighted by molar-refractivity contribution is 0.0987. The van der Waals surface area contributed by atoms with Crippen molar-refractivity contribution in [2.75, 3.05) is 18.5 Å². The van der Waals surface area contributed by atoms with E-state index in [0.29, 0.717) is 17.9 Å². The summed E-state index contributed by atoms with van der Waals surface area (Å²) in [6.45, 7) is 1.53. The minimum Gasteiger partial charge on any atom is -0.312 e. The summed E-state index contributed by atoms with van der Waals surface area (Å²) < 4.78 is 12.9. The molecule has 2 heterocycles. The predicted molar refractivity (Wildman–Crippen MR) is 73.1 cm³/mol. The van der Waals surface area contributed by atoms with Crippen LogP contribution in [-0.2, 0) is 13.0 Å².